The zero-order chi connectivity index (χ0) is 35.1. The van der Waals surface area contributed by atoms with Gasteiger partial charge in [0, 0.05) is 69.7 Å². The molecule has 10 nitrogen and oxygen atoms in total. The molecule has 6 rings (SSSR count). The fourth-order valence-corrected chi connectivity index (χ4v) is 7.03. The Labute approximate surface area is 289 Å². The van der Waals surface area contributed by atoms with Crippen molar-refractivity contribution in [3.63, 3.8) is 0 Å². The summed E-state index contributed by atoms with van der Waals surface area (Å²) < 4.78 is 56.4. The van der Waals surface area contributed by atoms with E-state index in [1.54, 1.807) is 19.3 Å². The summed E-state index contributed by atoms with van der Waals surface area (Å²) in [6.07, 6.45) is -0.930. The molecule has 2 saturated heterocycles. The number of amides is 1. The number of pyridine rings is 1. The highest BCUT2D eigenvalue weighted by Crippen LogP contribution is 2.38. The second-order valence-corrected chi connectivity index (χ2v) is 12.5. The van der Waals surface area contributed by atoms with E-state index in [1.807, 2.05) is 53.4 Å². The highest BCUT2D eigenvalue weighted by atomic mass is 19.4. The molecular weight excluding hydrogens is 649 g/mol. The summed E-state index contributed by atoms with van der Waals surface area (Å²) in [5.41, 5.74) is 3.44. The third kappa shape index (κ3) is 8.51. The maximum atomic E-state index is 13.6. The van der Waals surface area contributed by atoms with Crippen LogP contribution in [0.25, 0.3) is 0 Å². The summed E-state index contributed by atoms with van der Waals surface area (Å²) in [5, 5.41) is 0. The molecule has 0 saturated carbocycles. The minimum absolute atomic E-state index is 0.0263. The van der Waals surface area contributed by atoms with Crippen molar-refractivity contribution in [1.29, 1.82) is 0 Å². The van der Waals surface area contributed by atoms with Crippen LogP contribution in [0.3, 0.4) is 0 Å². The predicted octanol–water partition coefficient (Wildman–Crippen LogP) is 4.99. The SMILES string of the molecule is CCOc1nc(OC)c(CN2CC(C(c3ccccc3)c3ccccc3)N3CCN(C(=O)Cc4cccnc4)C[C@H]3C2)c(OCC(F)(F)F)n1. The number of fused-ring (bicyclic) bond motifs is 1. The van der Waals surface area contributed by atoms with E-state index in [0.29, 0.717) is 38.3 Å². The molecular formula is C37H41F3N6O4. The number of methoxy groups -OCH3 is 1. The minimum atomic E-state index is -4.58. The monoisotopic (exact) mass is 690 g/mol. The molecule has 1 amide bonds. The summed E-state index contributed by atoms with van der Waals surface area (Å²) in [6.45, 7) is 3.44. The molecule has 4 aromatic rings. The van der Waals surface area contributed by atoms with Gasteiger partial charge >= 0.3 is 12.2 Å². The van der Waals surface area contributed by atoms with Crippen LogP contribution in [0.1, 0.15) is 35.1 Å². The number of halogens is 3. The van der Waals surface area contributed by atoms with Crippen LogP contribution >= 0.6 is 0 Å². The Bertz CT molecular complexity index is 1660. The molecule has 13 heteroatoms. The third-order valence-electron chi connectivity index (χ3n) is 9.13. The Kier molecular flexibility index (Phi) is 11.1. The maximum Gasteiger partial charge on any atom is 0.422 e. The van der Waals surface area contributed by atoms with Crippen LogP contribution in [0.15, 0.2) is 85.2 Å². The fraction of sp³-hybridized carbons (Fsp3) is 0.405. The van der Waals surface area contributed by atoms with Gasteiger partial charge in [-0.05, 0) is 29.7 Å². The maximum absolute atomic E-state index is 13.6. The number of piperazine rings is 2. The quantitative estimate of drug-likeness (QED) is 0.204. The zero-order valence-corrected chi connectivity index (χ0v) is 28.1. The van der Waals surface area contributed by atoms with E-state index < -0.39 is 12.8 Å². The first-order chi connectivity index (χ1) is 24.2. The molecule has 4 heterocycles. The molecule has 2 fully saturated rings. The number of carbonyl (C=O) groups is 1. The molecule has 2 aromatic heterocycles. The van der Waals surface area contributed by atoms with Crippen LogP contribution in [0.2, 0.25) is 0 Å². The zero-order valence-electron chi connectivity index (χ0n) is 28.1. The summed E-state index contributed by atoms with van der Waals surface area (Å²) in [5.74, 6) is -0.159. The Hall–Kier alpha value is -4.75. The first-order valence-electron chi connectivity index (χ1n) is 16.7. The van der Waals surface area contributed by atoms with Gasteiger partial charge in [-0.3, -0.25) is 19.6 Å². The largest absolute Gasteiger partial charge is 0.481 e. The molecule has 50 heavy (non-hydrogen) atoms. The number of alkyl halides is 3. The number of hydrogen-bond acceptors (Lipinski definition) is 9. The summed E-state index contributed by atoms with van der Waals surface area (Å²) in [4.78, 5) is 32.9. The van der Waals surface area contributed by atoms with E-state index in [1.165, 1.54) is 7.11 Å². The second kappa shape index (κ2) is 15.9. The van der Waals surface area contributed by atoms with Gasteiger partial charge in [0.25, 0.3) is 0 Å². The van der Waals surface area contributed by atoms with Gasteiger partial charge in [-0.1, -0.05) is 66.7 Å². The molecule has 1 unspecified atom stereocenters. The number of aromatic nitrogens is 3. The standard InChI is InChI=1S/C37H41F3N6O4/c1-3-49-36-42-34(48-2)30(35(43-36)50-25-37(38,39)40)23-44-21-29-22-45(32(47)19-26-11-10-16-41-20-26)17-18-46(29)31(24-44)33(27-12-6-4-7-13-27)28-14-8-5-9-15-28/h4-16,20,29,31,33H,3,17-19,21-25H2,1-2H3/t29-,31?/m1/s1. The average molecular weight is 691 g/mol. The van der Waals surface area contributed by atoms with Crippen molar-refractivity contribution in [1.82, 2.24) is 29.7 Å². The van der Waals surface area contributed by atoms with Gasteiger partial charge in [-0.15, -0.1) is 0 Å². The van der Waals surface area contributed by atoms with Crippen molar-refractivity contribution >= 4 is 5.91 Å². The van der Waals surface area contributed by atoms with Crippen LogP contribution in [0.5, 0.6) is 17.8 Å². The molecule has 2 aromatic carbocycles. The van der Waals surface area contributed by atoms with Gasteiger partial charge in [-0.25, -0.2) is 0 Å². The van der Waals surface area contributed by atoms with Crippen molar-refractivity contribution in [2.75, 3.05) is 53.0 Å². The van der Waals surface area contributed by atoms with Crippen molar-refractivity contribution in [2.24, 2.45) is 0 Å². The molecule has 2 aliphatic rings. The number of nitrogens with zero attached hydrogens (tertiary/aromatic N) is 6. The van der Waals surface area contributed by atoms with E-state index in [9.17, 15) is 18.0 Å². The second-order valence-electron chi connectivity index (χ2n) is 12.5. The molecule has 2 aliphatic heterocycles. The number of ether oxygens (including phenoxy) is 3. The number of hydrogen-bond donors (Lipinski definition) is 0. The molecule has 0 N–H and O–H groups in total. The Morgan fingerprint density at radius 2 is 1.60 bits per heavy atom. The highest BCUT2D eigenvalue weighted by molar-refractivity contribution is 5.78. The Balaban J connectivity index is 1.36. The van der Waals surface area contributed by atoms with Crippen LogP contribution in [0, 0.1) is 0 Å². The summed E-state index contributed by atoms with van der Waals surface area (Å²) in [6, 6.07) is 24.1. The minimum Gasteiger partial charge on any atom is -0.481 e. The van der Waals surface area contributed by atoms with Gasteiger partial charge in [-0.2, -0.15) is 23.1 Å². The van der Waals surface area contributed by atoms with Crippen molar-refractivity contribution in [3.8, 4) is 17.8 Å². The van der Waals surface area contributed by atoms with Crippen molar-refractivity contribution < 1.29 is 32.2 Å². The van der Waals surface area contributed by atoms with Gasteiger partial charge in [0.15, 0.2) is 6.61 Å². The van der Waals surface area contributed by atoms with Crippen LogP contribution in [-0.4, -0.2) is 107 Å². The summed E-state index contributed by atoms with van der Waals surface area (Å²) >= 11 is 0. The average Bonchev–Trinajstić information content (AvgIpc) is 3.12. The van der Waals surface area contributed by atoms with Gasteiger partial charge in [0.05, 0.1) is 25.7 Å². The highest BCUT2D eigenvalue weighted by Gasteiger charge is 2.43. The van der Waals surface area contributed by atoms with E-state index in [0.717, 1.165) is 16.7 Å². The lowest BCUT2D eigenvalue weighted by molar-refractivity contribution is -0.154. The van der Waals surface area contributed by atoms with Crippen LogP contribution in [-0.2, 0) is 17.8 Å². The van der Waals surface area contributed by atoms with Crippen LogP contribution in [0.4, 0.5) is 13.2 Å². The van der Waals surface area contributed by atoms with E-state index >= 15 is 0 Å². The molecule has 2 atom stereocenters. The van der Waals surface area contributed by atoms with Crippen molar-refractivity contribution in [3.05, 3.63) is 107 Å². The number of carbonyl (C=O) groups excluding carboxylic acids is 1. The topological polar surface area (TPSA) is 93.2 Å². The molecule has 0 bridgehead atoms. The lowest BCUT2D eigenvalue weighted by atomic mass is 9.81. The molecule has 0 radical (unpaired) electrons. The Morgan fingerprint density at radius 1 is 0.900 bits per heavy atom. The van der Waals surface area contributed by atoms with E-state index in [-0.39, 0.29) is 61.3 Å². The fourth-order valence-electron chi connectivity index (χ4n) is 7.03. The number of benzene rings is 2. The molecule has 0 aliphatic carbocycles. The first kappa shape index (κ1) is 35.1. The van der Waals surface area contributed by atoms with Crippen molar-refractivity contribution in [2.45, 2.75) is 44.1 Å². The molecule has 264 valence electrons. The van der Waals surface area contributed by atoms with Gasteiger partial charge in [0.2, 0.25) is 17.7 Å². The van der Waals surface area contributed by atoms with Gasteiger partial charge in [0.1, 0.15) is 0 Å². The predicted molar refractivity (Wildman–Crippen MR) is 180 cm³/mol. The smallest absolute Gasteiger partial charge is 0.422 e. The first-order valence-corrected chi connectivity index (χ1v) is 16.7. The lowest BCUT2D eigenvalue weighted by Gasteiger charge is -2.53. The summed E-state index contributed by atoms with van der Waals surface area (Å²) in [7, 11) is 1.41. The van der Waals surface area contributed by atoms with Crippen LogP contribution < -0.4 is 14.2 Å². The third-order valence-corrected chi connectivity index (χ3v) is 9.13. The molecule has 0 spiro atoms. The van der Waals surface area contributed by atoms with E-state index in [4.69, 9.17) is 14.2 Å². The van der Waals surface area contributed by atoms with E-state index in [2.05, 4.69) is 49.0 Å². The lowest BCUT2D eigenvalue weighted by Crippen LogP contribution is -2.67. The normalized spacial score (nSPS) is 18.5. The van der Waals surface area contributed by atoms with Gasteiger partial charge < -0.3 is 19.1 Å². The number of rotatable bonds is 12. The Morgan fingerprint density at radius 3 is 2.22 bits per heavy atom.